The van der Waals surface area contributed by atoms with Crippen LogP contribution in [0.1, 0.15) is 33.3 Å². The highest BCUT2D eigenvalue weighted by atomic mass is 35.5. The van der Waals surface area contributed by atoms with Gasteiger partial charge in [-0.2, -0.15) is 4.98 Å². The number of piperazine rings is 1. The third-order valence-electron chi connectivity index (χ3n) is 7.34. The van der Waals surface area contributed by atoms with E-state index in [9.17, 15) is 4.79 Å². The third kappa shape index (κ3) is 5.45. The lowest BCUT2D eigenvalue weighted by Crippen LogP contribution is -2.57. The molecule has 210 valence electrons. The summed E-state index contributed by atoms with van der Waals surface area (Å²) in [6, 6.07) is 11.3. The number of pyridine rings is 2. The van der Waals surface area contributed by atoms with E-state index in [1.807, 2.05) is 50.4 Å². The van der Waals surface area contributed by atoms with Gasteiger partial charge in [-0.3, -0.25) is 14.4 Å². The van der Waals surface area contributed by atoms with Crippen molar-refractivity contribution in [3.05, 3.63) is 69.7 Å². The van der Waals surface area contributed by atoms with E-state index in [-0.39, 0.29) is 11.1 Å². The fourth-order valence-corrected chi connectivity index (χ4v) is 5.58. The molecule has 6 rings (SSSR count). The molecule has 4 aromatic rings. The van der Waals surface area contributed by atoms with Crippen molar-refractivity contribution in [1.29, 1.82) is 0 Å². The summed E-state index contributed by atoms with van der Waals surface area (Å²) >= 11 is 6.68. The summed E-state index contributed by atoms with van der Waals surface area (Å²) in [4.78, 5) is 38.6. The van der Waals surface area contributed by atoms with Crippen LogP contribution < -0.4 is 21.1 Å². The van der Waals surface area contributed by atoms with Crippen LogP contribution in [0.15, 0.2) is 63.6 Å². The van der Waals surface area contributed by atoms with Crippen LogP contribution in [0, 0.1) is 0 Å². The molecule has 2 aliphatic heterocycles. The minimum Gasteiger partial charge on any atom is -0.367 e. The quantitative estimate of drug-likeness (QED) is 0.347. The Hall–Kier alpha value is -4.15. The van der Waals surface area contributed by atoms with E-state index in [1.165, 1.54) is 0 Å². The largest absolute Gasteiger partial charge is 0.367 e. The van der Waals surface area contributed by atoms with Crippen LogP contribution in [0.25, 0.3) is 22.2 Å². The van der Waals surface area contributed by atoms with Gasteiger partial charge in [0, 0.05) is 70.7 Å². The second kappa shape index (κ2) is 10.7. The highest BCUT2D eigenvalue weighted by Crippen LogP contribution is 2.30. The van der Waals surface area contributed by atoms with Crippen LogP contribution in [-0.2, 0) is 6.54 Å². The number of amidine groups is 1. The van der Waals surface area contributed by atoms with Gasteiger partial charge in [-0.05, 0) is 52.0 Å². The molecule has 5 heterocycles. The first kappa shape index (κ1) is 27.0. The molecule has 1 fully saturated rings. The molecule has 1 saturated heterocycles. The van der Waals surface area contributed by atoms with E-state index in [1.54, 1.807) is 16.8 Å². The normalized spacial score (nSPS) is 16.6. The fourth-order valence-electron chi connectivity index (χ4n) is 5.30. The Morgan fingerprint density at radius 3 is 2.63 bits per heavy atom. The number of fused-ring (bicyclic) bond motifs is 1. The van der Waals surface area contributed by atoms with Crippen molar-refractivity contribution >= 4 is 51.6 Å². The number of nitrogens with zero attached hydrogens (tertiary/aromatic N) is 7. The number of aliphatic imine (C=N–C) groups is 2. The maximum absolute atomic E-state index is 13.6. The van der Waals surface area contributed by atoms with Crippen LogP contribution in [0.5, 0.6) is 0 Å². The van der Waals surface area contributed by atoms with Crippen LogP contribution in [0.4, 0.5) is 17.5 Å². The lowest BCUT2D eigenvalue weighted by Gasteiger charge is -2.40. The Morgan fingerprint density at radius 2 is 1.95 bits per heavy atom. The van der Waals surface area contributed by atoms with Gasteiger partial charge in [0.15, 0.2) is 5.84 Å². The Bertz CT molecular complexity index is 1760. The topological polar surface area (TPSA) is 113 Å². The minimum atomic E-state index is -0.173. The van der Waals surface area contributed by atoms with Gasteiger partial charge in [-0.15, -0.1) is 0 Å². The number of aryl methyl sites for hydroxylation is 1. The highest BCUT2D eigenvalue weighted by molar-refractivity contribution is 6.34. The molecule has 0 spiro atoms. The summed E-state index contributed by atoms with van der Waals surface area (Å²) in [6.07, 6.45) is 3.57. The zero-order valence-electron chi connectivity index (χ0n) is 23.6. The summed E-state index contributed by atoms with van der Waals surface area (Å²) in [6.45, 7) is 12.1. The molecule has 41 heavy (non-hydrogen) atoms. The highest BCUT2D eigenvalue weighted by Gasteiger charge is 2.26. The van der Waals surface area contributed by atoms with Crippen molar-refractivity contribution in [3.8, 4) is 11.1 Å². The molecule has 0 atom stereocenters. The summed E-state index contributed by atoms with van der Waals surface area (Å²) in [5.74, 6) is 1.65. The molecule has 0 radical (unpaired) electrons. The molecule has 0 unspecified atom stereocenters. The van der Waals surface area contributed by atoms with E-state index in [4.69, 9.17) is 11.6 Å². The van der Waals surface area contributed by atoms with Crippen molar-refractivity contribution in [2.75, 3.05) is 36.4 Å². The predicted octanol–water partition coefficient (Wildman–Crippen LogP) is 4.68. The maximum Gasteiger partial charge on any atom is 0.260 e. The molecule has 2 N–H and O–H groups in total. The first-order valence-electron chi connectivity index (χ1n) is 13.7. The summed E-state index contributed by atoms with van der Waals surface area (Å²) in [5.41, 5.74) is 4.40. The van der Waals surface area contributed by atoms with E-state index < -0.39 is 0 Å². The smallest absolute Gasteiger partial charge is 0.260 e. The minimum absolute atomic E-state index is 0.0524. The van der Waals surface area contributed by atoms with Gasteiger partial charge in [-0.25, -0.2) is 15.0 Å². The number of hydrogen-bond acceptors (Lipinski definition) is 9. The number of rotatable bonds is 6. The second-order valence-electron chi connectivity index (χ2n) is 11.0. The molecule has 10 nitrogen and oxygen atoms in total. The molecule has 2 aliphatic rings. The van der Waals surface area contributed by atoms with Crippen molar-refractivity contribution in [1.82, 2.24) is 24.8 Å². The van der Waals surface area contributed by atoms with E-state index in [2.05, 4.69) is 54.3 Å². The van der Waals surface area contributed by atoms with Gasteiger partial charge in [0.05, 0.1) is 18.4 Å². The number of hydrogen-bond donors (Lipinski definition) is 2. The van der Waals surface area contributed by atoms with E-state index in [0.717, 1.165) is 42.0 Å². The molecule has 1 aromatic carbocycles. The molecule has 0 amide bonds. The van der Waals surface area contributed by atoms with E-state index in [0.29, 0.717) is 52.5 Å². The Kier molecular flexibility index (Phi) is 7.04. The number of nitrogens with one attached hydrogen (secondary N) is 2. The zero-order valence-corrected chi connectivity index (χ0v) is 24.3. The van der Waals surface area contributed by atoms with Crippen LogP contribution in [0.2, 0.25) is 5.02 Å². The van der Waals surface area contributed by atoms with Crippen LogP contribution in [0.3, 0.4) is 0 Å². The second-order valence-corrected chi connectivity index (χ2v) is 11.4. The lowest BCUT2D eigenvalue weighted by molar-refractivity contribution is 0.353. The summed E-state index contributed by atoms with van der Waals surface area (Å²) in [5, 5.41) is 7.91. The van der Waals surface area contributed by atoms with Gasteiger partial charge in [-0.1, -0.05) is 23.7 Å². The SMILES string of the molecule is CCn1c(=O)c(-c2ccc(C3=NCC(C)=N3)cc2Cl)cc2cnc(Nc3ccc(N4CCNC(C)(C)C4)cn3)nc21. The summed E-state index contributed by atoms with van der Waals surface area (Å²) < 4.78 is 1.64. The molecule has 0 aliphatic carbocycles. The Balaban J connectivity index is 1.28. The first-order chi connectivity index (χ1) is 19.7. The number of aromatic nitrogens is 4. The van der Waals surface area contributed by atoms with Crippen molar-refractivity contribution in [2.45, 2.75) is 39.8 Å². The molecular weight excluding hydrogens is 538 g/mol. The van der Waals surface area contributed by atoms with Gasteiger partial charge in [0.2, 0.25) is 5.95 Å². The fraction of sp³-hybridized carbons (Fsp3) is 0.333. The first-order valence-corrected chi connectivity index (χ1v) is 14.1. The Labute approximate surface area is 243 Å². The molecule has 0 saturated carbocycles. The summed E-state index contributed by atoms with van der Waals surface area (Å²) in [7, 11) is 0. The number of halogens is 1. The maximum atomic E-state index is 13.6. The van der Waals surface area contributed by atoms with Gasteiger partial charge < -0.3 is 15.5 Å². The van der Waals surface area contributed by atoms with Gasteiger partial charge in [0.1, 0.15) is 11.5 Å². The van der Waals surface area contributed by atoms with Gasteiger partial charge >= 0.3 is 0 Å². The van der Waals surface area contributed by atoms with Crippen LogP contribution >= 0.6 is 11.6 Å². The van der Waals surface area contributed by atoms with Gasteiger partial charge in [0.25, 0.3) is 5.56 Å². The molecular formula is C30H32ClN9O. The zero-order chi connectivity index (χ0) is 28.7. The number of anilines is 3. The van der Waals surface area contributed by atoms with Crippen molar-refractivity contribution < 1.29 is 0 Å². The predicted molar refractivity (Wildman–Crippen MR) is 166 cm³/mol. The molecule has 3 aromatic heterocycles. The average Bonchev–Trinajstić information content (AvgIpc) is 3.39. The molecule has 0 bridgehead atoms. The monoisotopic (exact) mass is 569 g/mol. The van der Waals surface area contributed by atoms with E-state index >= 15 is 0 Å². The third-order valence-corrected chi connectivity index (χ3v) is 7.65. The van der Waals surface area contributed by atoms with Crippen LogP contribution in [-0.4, -0.2) is 62.8 Å². The Morgan fingerprint density at radius 1 is 1.10 bits per heavy atom. The standard InChI is InChI=1S/C30H32ClN9O/c1-5-40-27-20(12-23(28(40)41)22-8-6-19(13-24(22)31)26-33-14-18(2)36-26)15-34-29(38-27)37-25-9-7-21(16-32-25)39-11-10-35-30(3,4)17-39/h6-9,12-13,15-16,35H,5,10-11,14,17H2,1-4H3,(H,32,34,37,38). The van der Waals surface area contributed by atoms with Crippen molar-refractivity contribution in [3.63, 3.8) is 0 Å². The van der Waals surface area contributed by atoms with Crippen molar-refractivity contribution in [2.24, 2.45) is 9.98 Å². The lowest BCUT2D eigenvalue weighted by atomic mass is 10.0. The number of benzene rings is 1. The molecule has 11 heteroatoms. The average molecular weight is 570 g/mol.